The second-order valence-corrected chi connectivity index (χ2v) is 9.20. The molecule has 0 atom stereocenters. The monoisotopic (exact) mass is 436 g/mol. The van der Waals surface area contributed by atoms with E-state index in [0.717, 1.165) is 24.2 Å². The third-order valence-corrected chi connectivity index (χ3v) is 7.22. The molecule has 2 nitrogen and oxygen atoms in total. The van der Waals surface area contributed by atoms with Crippen LogP contribution in [-0.4, -0.2) is 9.55 Å². The summed E-state index contributed by atoms with van der Waals surface area (Å²) in [7, 11) is 2.13. The van der Waals surface area contributed by atoms with Crippen LogP contribution in [-0.2, 0) is 13.5 Å². The fraction of sp³-hybridized carbons (Fsp3) is 0.0938. The average molecular weight is 437 g/mol. The Morgan fingerprint density at radius 2 is 1.47 bits per heavy atom. The summed E-state index contributed by atoms with van der Waals surface area (Å²) in [6.45, 7) is 0. The molecular formula is C32H24N2. The van der Waals surface area contributed by atoms with Crippen molar-refractivity contribution >= 4 is 38.4 Å². The lowest BCUT2D eigenvalue weighted by Gasteiger charge is -2.14. The Bertz CT molecular complexity index is 1770. The topological polar surface area (TPSA) is 17.8 Å². The summed E-state index contributed by atoms with van der Waals surface area (Å²) in [6.07, 6.45) is 6.54. The van der Waals surface area contributed by atoms with Gasteiger partial charge in [-0.1, -0.05) is 84.9 Å². The number of imidazole rings is 1. The highest BCUT2D eigenvalue weighted by molar-refractivity contribution is 6.23. The number of allylic oxidation sites excluding steroid dienone is 1. The van der Waals surface area contributed by atoms with Gasteiger partial charge in [0.15, 0.2) is 0 Å². The summed E-state index contributed by atoms with van der Waals surface area (Å²) >= 11 is 0. The fourth-order valence-corrected chi connectivity index (χ4v) is 5.58. The van der Waals surface area contributed by atoms with Gasteiger partial charge in [0.25, 0.3) is 0 Å². The third-order valence-electron chi connectivity index (χ3n) is 7.22. The maximum atomic E-state index is 5.01. The molecule has 0 saturated carbocycles. The summed E-state index contributed by atoms with van der Waals surface area (Å²) in [6, 6.07) is 33.2. The van der Waals surface area contributed by atoms with Crippen LogP contribution in [0.15, 0.2) is 97.1 Å². The fourth-order valence-electron chi connectivity index (χ4n) is 5.58. The molecule has 0 N–H and O–H groups in total. The summed E-state index contributed by atoms with van der Waals surface area (Å²) in [5.41, 5.74) is 6.08. The van der Waals surface area contributed by atoms with E-state index in [4.69, 9.17) is 4.98 Å². The van der Waals surface area contributed by atoms with Crippen LogP contribution in [0.5, 0.6) is 0 Å². The molecule has 1 aromatic heterocycles. The molecule has 0 amide bonds. The van der Waals surface area contributed by atoms with Crippen LogP contribution in [0.25, 0.3) is 60.9 Å². The minimum atomic E-state index is 1.02. The quantitative estimate of drug-likeness (QED) is 0.250. The first-order valence-corrected chi connectivity index (χ1v) is 11.9. The molecule has 2 heteroatoms. The van der Waals surface area contributed by atoms with E-state index >= 15 is 0 Å². The Hall–Kier alpha value is -4.17. The summed E-state index contributed by atoms with van der Waals surface area (Å²) < 4.78 is 2.23. The van der Waals surface area contributed by atoms with Gasteiger partial charge < -0.3 is 4.57 Å². The van der Waals surface area contributed by atoms with Gasteiger partial charge in [0.05, 0.1) is 11.4 Å². The van der Waals surface area contributed by atoms with Crippen LogP contribution in [0.4, 0.5) is 0 Å². The van der Waals surface area contributed by atoms with Crippen molar-refractivity contribution in [2.75, 3.05) is 0 Å². The zero-order valence-corrected chi connectivity index (χ0v) is 19.1. The van der Waals surface area contributed by atoms with Gasteiger partial charge >= 0.3 is 0 Å². The summed E-state index contributed by atoms with van der Waals surface area (Å²) in [4.78, 5) is 5.01. The largest absolute Gasteiger partial charge is 0.327 e. The first kappa shape index (κ1) is 19.3. The van der Waals surface area contributed by atoms with E-state index in [1.54, 1.807) is 0 Å². The smallest absolute Gasteiger partial charge is 0.140 e. The molecule has 0 bridgehead atoms. The number of nitrogens with zero attached hydrogens (tertiary/aromatic N) is 2. The third kappa shape index (κ3) is 2.85. The molecule has 1 heterocycles. The molecule has 0 radical (unpaired) electrons. The number of fused-ring (bicyclic) bond motifs is 6. The minimum absolute atomic E-state index is 1.02. The van der Waals surface area contributed by atoms with Crippen LogP contribution in [0.3, 0.4) is 0 Å². The van der Waals surface area contributed by atoms with Crippen molar-refractivity contribution in [2.24, 2.45) is 7.05 Å². The molecular weight excluding hydrogens is 412 g/mol. The molecule has 0 spiro atoms. The Balaban J connectivity index is 1.48. The normalized spacial score (nSPS) is 13.1. The highest BCUT2D eigenvalue weighted by Crippen LogP contribution is 2.39. The molecule has 1 aliphatic carbocycles. The van der Waals surface area contributed by atoms with Gasteiger partial charge in [0, 0.05) is 12.6 Å². The van der Waals surface area contributed by atoms with E-state index in [0.29, 0.717) is 0 Å². The standard InChI is InChI=1S/C32H24N2/c1-34-30-16-7-6-15-29(30)33-32(34)24-11-8-10-22(19-24)28-20-23-18-17-21-9-2-3-12-25(21)31(23)27-14-5-4-13-26(27)28/h2-5,7-14,16-20H,6,15H2,1H3. The van der Waals surface area contributed by atoms with E-state index < -0.39 is 0 Å². The molecule has 1 aliphatic rings. The van der Waals surface area contributed by atoms with E-state index in [1.165, 1.54) is 54.8 Å². The van der Waals surface area contributed by atoms with Gasteiger partial charge in [-0.15, -0.1) is 0 Å². The second kappa shape index (κ2) is 7.43. The van der Waals surface area contributed by atoms with Crippen LogP contribution in [0.2, 0.25) is 0 Å². The molecule has 0 aliphatic heterocycles. The lowest BCUT2D eigenvalue weighted by atomic mass is 9.90. The molecule has 0 saturated heterocycles. The van der Waals surface area contributed by atoms with E-state index in [9.17, 15) is 0 Å². The number of hydrogen-bond donors (Lipinski definition) is 0. The Morgan fingerprint density at radius 3 is 2.35 bits per heavy atom. The van der Waals surface area contributed by atoms with Crippen molar-refractivity contribution in [1.82, 2.24) is 9.55 Å². The first-order chi connectivity index (χ1) is 16.8. The van der Waals surface area contributed by atoms with E-state index in [1.807, 2.05) is 0 Å². The van der Waals surface area contributed by atoms with Gasteiger partial charge in [-0.25, -0.2) is 4.98 Å². The minimum Gasteiger partial charge on any atom is -0.327 e. The van der Waals surface area contributed by atoms with Crippen molar-refractivity contribution < 1.29 is 0 Å². The molecule has 34 heavy (non-hydrogen) atoms. The number of aromatic nitrogens is 2. The maximum absolute atomic E-state index is 5.01. The predicted octanol–water partition coefficient (Wildman–Crippen LogP) is 8.17. The SMILES string of the molecule is Cn1c(-c2cccc(-c3cc4ccc5ccccc5c4c4ccccc34)c2)nc2c1C=CCC2. The van der Waals surface area contributed by atoms with Crippen LogP contribution >= 0.6 is 0 Å². The van der Waals surface area contributed by atoms with Crippen molar-refractivity contribution in [2.45, 2.75) is 12.8 Å². The Morgan fingerprint density at radius 1 is 0.706 bits per heavy atom. The predicted molar refractivity (Wildman–Crippen MR) is 144 cm³/mol. The van der Waals surface area contributed by atoms with Crippen molar-refractivity contribution in [3.63, 3.8) is 0 Å². The zero-order chi connectivity index (χ0) is 22.6. The zero-order valence-electron chi connectivity index (χ0n) is 19.1. The molecule has 5 aromatic carbocycles. The lowest BCUT2D eigenvalue weighted by molar-refractivity contribution is 0.891. The van der Waals surface area contributed by atoms with Gasteiger partial charge in [-0.05, 0) is 74.5 Å². The molecule has 7 rings (SSSR count). The van der Waals surface area contributed by atoms with Crippen LogP contribution in [0, 0.1) is 0 Å². The number of aryl methyl sites for hydroxylation is 1. The summed E-state index contributed by atoms with van der Waals surface area (Å²) in [5, 5.41) is 7.78. The van der Waals surface area contributed by atoms with Crippen molar-refractivity contribution in [1.29, 1.82) is 0 Å². The molecule has 6 aromatic rings. The van der Waals surface area contributed by atoms with Crippen molar-refractivity contribution in [3.05, 3.63) is 108 Å². The Kier molecular flexibility index (Phi) is 4.22. The first-order valence-electron chi connectivity index (χ1n) is 11.9. The number of hydrogen-bond acceptors (Lipinski definition) is 1. The maximum Gasteiger partial charge on any atom is 0.140 e. The highest BCUT2D eigenvalue weighted by Gasteiger charge is 2.17. The summed E-state index contributed by atoms with van der Waals surface area (Å²) in [5.74, 6) is 1.04. The van der Waals surface area contributed by atoms with Crippen LogP contribution in [0.1, 0.15) is 17.8 Å². The highest BCUT2D eigenvalue weighted by atomic mass is 15.1. The average Bonchev–Trinajstić information content (AvgIpc) is 3.24. The number of rotatable bonds is 2. The lowest BCUT2D eigenvalue weighted by Crippen LogP contribution is -1.98. The van der Waals surface area contributed by atoms with Gasteiger partial charge in [0.2, 0.25) is 0 Å². The molecule has 162 valence electrons. The van der Waals surface area contributed by atoms with Gasteiger partial charge in [-0.2, -0.15) is 0 Å². The van der Waals surface area contributed by atoms with Gasteiger partial charge in [0.1, 0.15) is 5.82 Å². The Labute approximate surface area is 198 Å². The molecule has 0 fully saturated rings. The van der Waals surface area contributed by atoms with E-state index in [-0.39, 0.29) is 0 Å². The number of benzene rings is 5. The van der Waals surface area contributed by atoms with E-state index in [2.05, 4.69) is 115 Å². The van der Waals surface area contributed by atoms with Crippen LogP contribution < -0.4 is 0 Å². The molecule has 0 unspecified atom stereocenters. The van der Waals surface area contributed by atoms with Crippen molar-refractivity contribution in [3.8, 4) is 22.5 Å². The van der Waals surface area contributed by atoms with Gasteiger partial charge in [-0.3, -0.25) is 0 Å². The second-order valence-electron chi connectivity index (χ2n) is 9.20.